The molecule has 0 N–H and O–H groups in total. The van der Waals surface area contributed by atoms with Crippen molar-refractivity contribution < 1.29 is 28.5 Å². The Balaban J connectivity index is 1.70. The fourth-order valence-corrected chi connectivity index (χ4v) is 4.89. The molecule has 182 valence electrons. The summed E-state index contributed by atoms with van der Waals surface area (Å²) in [6.45, 7) is 2.80. The Hall–Kier alpha value is -2.97. The monoisotopic (exact) mass is 488 g/mol. The fourth-order valence-electron chi connectivity index (χ4n) is 4.70. The summed E-state index contributed by atoms with van der Waals surface area (Å²) in [6, 6.07) is 10.6. The van der Waals surface area contributed by atoms with Crippen molar-refractivity contribution in [1.82, 2.24) is 9.80 Å². The van der Waals surface area contributed by atoms with Gasteiger partial charge < -0.3 is 28.7 Å². The molecule has 2 aliphatic heterocycles. The summed E-state index contributed by atoms with van der Waals surface area (Å²) in [5, 5.41) is 0.493. The van der Waals surface area contributed by atoms with Gasteiger partial charge in [0.05, 0.1) is 40.5 Å². The second kappa shape index (κ2) is 10.5. The maximum Gasteiger partial charge on any atom is 0.253 e. The highest BCUT2D eigenvalue weighted by molar-refractivity contribution is 6.30. The maximum absolute atomic E-state index is 13.6. The fraction of sp³-hybridized carbons (Fsp3) is 0.440. The van der Waals surface area contributed by atoms with Gasteiger partial charge in [-0.15, -0.1) is 0 Å². The largest absolute Gasteiger partial charge is 0.493 e. The molecular formula is C25H29ClN2O6. The molecule has 2 unspecified atom stereocenters. The number of hydrogen-bond donors (Lipinski definition) is 0. The van der Waals surface area contributed by atoms with Gasteiger partial charge >= 0.3 is 0 Å². The Labute approximate surface area is 204 Å². The predicted octanol–water partition coefficient (Wildman–Crippen LogP) is 3.08. The third kappa shape index (κ3) is 4.79. The van der Waals surface area contributed by atoms with Gasteiger partial charge in [-0.05, 0) is 35.9 Å². The average Bonchev–Trinajstić information content (AvgIpc) is 3.32. The molecular weight excluding hydrogens is 460 g/mol. The van der Waals surface area contributed by atoms with Crippen LogP contribution < -0.4 is 14.2 Å². The highest BCUT2D eigenvalue weighted by atomic mass is 35.5. The number of halogens is 1. The number of nitrogens with zero attached hydrogens (tertiary/aromatic N) is 2. The van der Waals surface area contributed by atoms with E-state index in [0.29, 0.717) is 67.2 Å². The van der Waals surface area contributed by atoms with Gasteiger partial charge in [-0.3, -0.25) is 9.59 Å². The first-order chi connectivity index (χ1) is 16.5. The predicted molar refractivity (Wildman–Crippen MR) is 127 cm³/mol. The van der Waals surface area contributed by atoms with Gasteiger partial charge in [-0.1, -0.05) is 17.7 Å². The molecule has 2 atom stereocenters. The van der Waals surface area contributed by atoms with Gasteiger partial charge in [0.15, 0.2) is 11.5 Å². The molecule has 0 aliphatic carbocycles. The van der Waals surface area contributed by atoms with Crippen molar-refractivity contribution in [2.45, 2.75) is 5.92 Å². The number of ether oxygens (including phenoxy) is 4. The smallest absolute Gasteiger partial charge is 0.253 e. The number of likely N-dealkylation sites (tertiary alicyclic amines) is 1. The minimum atomic E-state index is -0.413. The Kier molecular flexibility index (Phi) is 7.48. The lowest BCUT2D eigenvalue weighted by atomic mass is 9.87. The van der Waals surface area contributed by atoms with Crippen molar-refractivity contribution in [3.63, 3.8) is 0 Å². The van der Waals surface area contributed by atoms with Gasteiger partial charge in [0.1, 0.15) is 0 Å². The summed E-state index contributed by atoms with van der Waals surface area (Å²) < 4.78 is 21.9. The van der Waals surface area contributed by atoms with E-state index in [1.807, 2.05) is 17.0 Å². The molecule has 2 aromatic carbocycles. The van der Waals surface area contributed by atoms with Crippen LogP contribution in [0.3, 0.4) is 0 Å². The number of carbonyl (C=O) groups is 2. The molecule has 4 rings (SSSR count). The van der Waals surface area contributed by atoms with E-state index in [9.17, 15) is 9.59 Å². The van der Waals surface area contributed by atoms with E-state index in [2.05, 4.69) is 0 Å². The number of amides is 2. The van der Waals surface area contributed by atoms with Crippen LogP contribution >= 0.6 is 11.6 Å². The highest BCUT2D eigenvalue weighted by Crippen LogP contribution is 2.43. The summed E-state index contributed by atoms with van der Waals surface area (Å²) in [5.41, 5.74) is 1.35. The Morgan fingerprint density at radius 2 is 1.62 bits per heavy atom. The molecule has 0 aromatic heterocycles. The molecule has 34 heavy (non-hydrogen) atoms. The first-order valence-corrected chi connectivity index (χ1v) is 11.6. The zero-order chi connectivity index (χ0) is 24.2. The normalized spacial score (nSPS) is 20.2. The molecule has 2 saturated heterocycles. The molecule has 2 aliphatic rings. The Morgan fingerprint density at radius 3 is 2.21 bits per heavy atom. The summed E-state index contributed by atoms with van der Waals surface area (Å²) >= 11 is 6.11. The van der Waals surface area contributed by atoms with Crippen molar-refractivity contribution in [2.75, 3.05) is 60.7 Å². The number of carbonyl (C=O) groups excluding carboxylic acids is 2. The van der Waals surface area contributed by atoms with E-state index in [1.54, 1.807) is 50.5 Å². The van der Waals surface area contributed by atoms with Gasteiger partial charge in [0, 0.05) is 42.7 Å². The number of benzene rings is 2. The standard InChI is InChI=1S/C25H29ClN2O6/c1-31-21-12-17(13-22(32-2)23(21)33-3)19-14-28(24(29)16-5-4-6-18(26)11-16)15-20(19)25(30)27-7-9-34-10-8-27/h4-6,11-13,19-20H,7-10,14-15H2,1-3H3. The maximum atomic E-state index is 13.6. The number of methoxy groups -OCH3 is 3. The molecule has 2 aromatic rings. The van der Waals surface area contributed by atoms with Gasteiger partial charge in [0.25, 0.3) is 5.91 Å². The Bertz CT molecular complexity index is 1030. The summed E-state index contributed by atoms with van der Waals surface area (Å²) in [5.74, 6) is 0.703. The van der Waals surface area contributed by atoms with E-state index in [-0.39, 0.29) is 17.7 Å². The molecule has 9 heteroatoms. The molecule has 0 spiro atoms. The number of rotatable bonds is 6. The molecule has 8 nitrogen and oxygen atoms in total. The van der Waals surface area contributed by atoms with Crippen molar-refractivity contribution in [3.05, 3.63) is 52.5 Å². The summed E-state index contributed by atoms with van der Waals surface area (Å²) in [6.07, 6.45) is 0. The second-order valence-corrected chi connectivity index (χ2v) is 8.77. The third-order valence-electron chi connectivity index (χ3n) is 6.43. The van der Waals surface area contributed by atoms with Crippen LogP contribution in [0.2, 0.25) is 5.02 Å². The average molecular weight is 489 g/mol. The minimum absolute atomic E-state index is 0.0171. The first kappa shape index (κ1) is 24.2. The van der Waals surface area contributed by atoms with Crippen LogP contribution in [0.25, 0.3) is 0 Å². The van der Waals surface area contributed by atoms with E-state index in [4.69, 9.17) is 30.5 Å². The molecule has 2 fully saturated rings. The Morgan fingerprint density at radius 1 is 0.941 bits per heavy atom. The van der Waals surface area contributed by atoms with E-state index in [0.717, 1.165) is 5.56 Å². The second-order valence-electron chi connectivity index (χ2n) is 8.33. The minimum Gasteiger partial charge on any atom is -0.493 e. The lowest BCUT2D eigenvalue weighted by molar-refractivity contribution is -0.139. The zero-order valence-corrected chi connectivity index (χ0v) is 20.3. The molecule has 0 bridgehead atoms. The topological polar surface area (TPSA) is 77.5 Å². The van der Waals surface area contributed by atoms with Crippen LogP contribution in [0.15, 0.2) is 36.4 Å². The molecule has 2 amide bonds. The molecule has 0 saturated carbocycles. The van der Waals surface area contributed by atoms with Crippen molar-refractivity contribution >= 4 is 23.4 Å². The van der Waals surface area contributed by atoms with E-state index in [1.165, 1.54) is 0 Å². The van der Waals surface area contributed by atoms with Crippen molar-refractivity contribution in [2.24, 2.45) is 5.92 Å². The van der Waals surface area contributed by atoms with Crippen LogP contribution in [-0.4, -0.2) is 82.3 Å². The number of hydrogen-bond acceptors (Lipinski definition) is 6. The molecule has 0 radical (unpaired) electrons. The zero-order valence-electron chi connectivity index (χ0n) is 19.6. The van der Waals surface area contributed by atoms with E-state index < -0.39 is 5.92 Å². The van der Waals surface area contributed by atoms with Gasteiger partial charge in [-0.25, -0.2) is 0 Å². The van der Waals surface area contributed by atoms with Crippen LogP contribution in [0.4, 0.5) is 0 Å². The summed E-state index contributed by atoms with van der Waals surface area (Å²) in [4.78, 5) is 30.5. The van der Waals surface area contributed by atoms with Gasteiger partial charge in [0.2, 0.25) is 11.7 Å². The van der Waals surface area contributed by atoms with Crippen LogP contribution in [0.5, 0.6) is 17.2 Å². The number of morpholine rings is 1. The first-order valence-electron chi connectivity index (χ1n) is 11.2. The SMILES string of the molecule is COc1cc(C2CN(C(=O)c3cccc(Cl)c3)CC2C(=O)N2CCOCC2)cc(OC)c1OC. The van der Waals surface area contributed by atoms with Gasteiger partial charge in [-0.2, -0.15) is 0 Å². The van der Waals surface area contributed by atoms with E-state index >= 15 is 0 Å². The molecule has 2 heterocycles. The highest BCUT2D eigenvalue weighted by Gasteiger charge is 2.43. The van der Waals surface area contributed by atoms with Crippen LogP contribution in [-0.2, 0) is 9.53 Å². The third-order valence-corrected chi connectivity index (χ3v) is 6.67. The summed E-state index contributed by atoms with van der Waals surface area (Å²) in [7, 11) is 4.66. The quantitative estimate of drug-likeness (QED) is 0.622. The van der Waals surface area contributed by atoms with Crippen LogP contribution in [0, 0.1) is 5.92 Å². The van der Waals surface area contributed by atoms with Crippen molar-refractivity contribution in [3.8, 4) is 17.2 Å². The van der Waals surface area contributed by atoms with Crippen molar-refractivity contribution in [1.29, 1.82) is 0 Å². The van der Waals surface area contributed by atoms with Crippen LogP contribution in [0.1, 0.15) is 21.8 Å². The lowest BCUT2D eigenvalue weighted by Crippen LogP contribution is -2.45. The lowest BCUT2D eigenvalue weighted by Gasteiger charge is -2.31.